The molecule has 0 bridgehead atoms. The van der Waals surface area contributed by atoms with Crippen molar-refractivity contribution in [1.82, 2.24) is 19.4 Å². The number of esters is 1. The van der Waals surface area contributed by atoms with Crippen molar-refractivity contribution in [2.24, 2.45) is 0 Å². The van der Waals surface area contributed by atoms with E-state index in [1.54, 1.807) is 18.6 Å². The van der Waals surface area contributed by atoms with Gasteiger partial charge < -0.3 is 15.0 Å². The molecular weight excluding hydrogens is 330 g/mol. The SMILES string of the molecule is COC(=O)c1ccc2nc(-c3nc[nH]c3C)c(NC3CCCCC3)n2c1. The maximum Gasteiger partial charge on any atom is 0.339 e. The predicted molar refractivity (Wildman–Crippen MR) is 99.3 cm³/mol. The Morgan fingerprint density at radius 1 is 1.27 bits per heavy atom. The summed E-state index contributed by atoms with van der Waals surface area (Å²) in [6.45, 7) is 1.98. The Hall–Kier alpha value is -2.83. The predicted octanol–water partition coefficient (Wildman–Crippen LogP) is 3.56. The number of imidazole rings is 2. The van der Waals surface area contributed by atoms with Gasteiger partial charge in [-0.15, -0.1) is 0 Å². The molecule has 7 nitrogen and oxygen atoms in total. The first-order valence-corrected chi connectivity index (χ1v) is 9.04. The van der Waals surface area contributed by atoms with E-state index >= 15 is 0 Å². The van der Waals surface area contributed by atoms with Crippen molar-refractivity contribution in [2.75, 3.05) is 12.4 Å². The van der Waals surface area contributed by atoms with Gasteiger partial charge in [-0.25, -0.2) is 14.8 Å². The largest absolute Gasteiger partial charge is 0.465 e. The average molecular weight is 353 g/mol. The molecule has 0 aliphatic heterocycles. The second-order valence-corrected chi connectivity index (χ2v) is 6.80. The van der Waals surface area contributed by atoms with Crippen LogP contribution in [-0.2, 0) is 4.74 Å². The number of fused-ring (bicyclic) bond motifs is 1. The third kappa shape index (κ3) is 2.94. The molecule has 3 aromatic heterocycles. The number of hydrogen-bond acceptors (Lipinski definition) is 5. The van der Waals surface area contributed by atoms with Gasteiger partial charge in [0, 0.05) is 17.9 Å². The van der Waals surface area contributed by atoms with Crippen LogP contribution in [0.5, 0.6) is 0 Å². The van der Waals surface area contributed by atoms with Crippen LogP contribution in [0.2, 0.25) is 0 Å². The highest BCUT2D eigenvalue weighted by Crippen LogP contribution is 2.32. The van der Waals surface area contributed by atoms with Crippen LogP contribution in [0.25, 0.3) is 17.0 Å². The number of anilines is 1. The number of aryl methyl sites for hydroxylation is 1. The first-order valence-electron chi connectivity index (χ1n) is 9.04. The van der Waals surface area contributed by atoms with E-state index in [1.807, 2.05) is 17.4 Å². The third-order valence-corrected chi connectivity index (χ3v) is 5.04. The summed E-state index contributed by atoms with van der Waals surface area (Å²) in [6.07, 6.45) is 9.51. The van der Waals surface area contributed by atoms with E-state index in [-0.39, 0.29) is 5.97 Å². The van der Waals surface area contributed by atoms with E-state index in [1.165, 1.54) is 26.4 Å². The summed E-state index contributed by atoms with van der Waals surface area (Å²) in [7, 11) is 1.39. The zero-order valence-corrected chi connectivity index (χ0v) is 15.1. The zero-order chi connectivity index (χ0) is 18.1. The average Bonchev–Trinajstić information content (AvgIpc) is 3.25. The Morgan fingerprint density at radius 2 is 2.08 bits per heavy atom. The Kier molecular flexibility index (Phi) is 4.36. The molecular formula is C19H23N5O2. The molecule has 0 amide bonds. The van der Waals surface area contributed by atoms with E-state index < -0.39 is 0 Å². The number of nitrogens with one attached hydrogen (secondary N) is 2. The lowest BCUT2D eigenvalue weighted by Crippen LogP contribution is -2.23. The summed E-state index contributed by atoms with van der Waals surface area (Å²) in [5, 5.41) is 3.67. The van der Waals surface area contributed by atoms with Crippen molar-refractivity contribution in [1.29, 1.82) is 0 Å². The summed E-state index contributed by atoms with van der Waals surface area (Å²) in [5.74, 6) is 0.523. The monoisotopic (exact) mass is 353 g/mol. The number of rotatable bonds is 4. The number of aromatic nitrogens is 4. The Morgan fingerprint density at radius 3 is 2.77 bits per heavy atom. The molecule has 0 radical (unpaired) electrons. The Labute approximate surface area is 151 Å². The summed E-state index contributed by atoms with van der Waals surface area (Å²) < 4.78 is 6.80. The van der Waals surface area contributed by atoms with Crippen LogP contribution in [0.4, 0.5) is 5.82 Å². The molecule has 7 heteroatoms. The maximum absolute atomic E-state index is 12.0. The number of H-pyrrole nitrogens is 1. The number of aromatic amines is 1. The first kappa shape index (κ1) is 16.6. The van der Waals surface area contributed by atoms with Gasteiger partial charge in [-0.2, -0.15) is 0 Å². The van der Waals surface area contributed by atoms with E-state index in [0.717, 1.165) is 41.4 Å². The molecule has 0 atom stereocenters. The van der Waals surface area contributed by atoms with Crippen molar-refractivity contribution < 1.29 is 9.53 Å². The van der Waals surface area contributed by atoms with Gasteiger partial charge >= 0.3 is 5.97 Å². The molecule has 0 spiro atoms. The quantitative estimate of drug-likeness (QED) is 0.701. The molecule has 3 heterocycles. The summed E-state index contributed by atoms with van der Waals surface area (Å²) in [4.78, 5) is 24.3. The number of ether oxygens (including phenoxy) is 1. The highest BCUT2D eigenvalue weighted by Gasteiger charge is 2.22. The lowest BCUT2D eigenvalue weighted by Gasteiger charge is -2.24. The highest BCUT2D eigenvalue weighted by atomic mass is 16.5. The van der Waals surface area contributed by atoms with Crippen molar-refractivity contribution >= 4 is 17.4 Å². The lowest BCUT2D eigenvalue weighted by molar-refractivity contribution is 0.0600. The van der Waals surface area contributed by atoms with Gasteiger partial charge in [0.15, 0.2) is 0 Å². The topological polar surface area (TPSA) is 84.3 Å². The van der Waals surface area contributed by atoms with E-state index in [9.17, 15) is 4.79 Å². The van der Waals surface area contributed by atoms with Gasteiger partial charge in [0.25, 0.3) is 0 Å². The van der Waals surface area contributed by atoms with Gasteiger partial charge in [-0.05, 0) is 31.9 Å². The first-order chi connectivity index (χ1) is 12.7. The van der Waals surface area contributed by atoms with Crippen molar-refractivity contribution in [3.8, 4) is 11.4 Å². The van der Waals surface area contributed by atoms with Gasteiger partial charge in [0.1, 0.15) is 22.9 Å². The fraction of sp³-hybridized carbons (Fsp3) is 0.421. The normalized spacial score (nSPS) is 15.3. The number of carbonyl (C=O) groups excluding carboxylic acids is 1. The van der Waals surface area contributed by atoms with Gasteiger partial charge in [-0.3, -0.25) is 4.40 Å². The molecule has 4 rings (SSSR count). The minimum atomic E-state index is -0.360. The molecule has 1 aliphatic carbocycles. The molecule has 1 fully saturated rings. The minimum Gasteiger partial charge on any atom is -0.465 e. The van der Waals surface area contributed by atoms with Gasteiger partial charge in [0.05, 0.1) is 19.0 Å². The zero-order valence-electron chi connectivity index (χ0n) is 15.1. The molecule has 0 saturated heterocycles. The van der Waals surface area contributed by atoms with Crippen molar-refractivity contribution in [3.63, 3.8) is 0 Å². The second-order valence-electron chi connectivity index (χ2n) is 6.80. The molecule has 26 heavy (non-hydrogen) atoms. The Bertz CT molecular complexity index is 937. The van der Waals surface area contributed by atoms with Gasteiger partial charge in [0.2, 0.25) is 0 Å². The molecule has 1 saturated carbocycles. The molecule has 136 valence electrons. The molecule has 2 N–H and O–H groups in total. The van der Waals surface area contributed by atoms with Crippen LogP contribution in [0.3, 0.4) is 0 Å². The number of hydrogen-bond donors (Lipinski definition) is 2. The van der Waals surface area contributed by atoms with E-state index in [2.05, 4.69) is 15.3 Å². The standard InChI is InChI=1S/C19H23N5O2/c1-12-16(21-11-20-12)17-18(22-14-6-4-3-5-7-14)24-10-13(19(25)26-2)8-9-15(24)23-17/h8-11,14,22H,3-7H2,1-2H3,(H,20,21). The van der Waals surface area contributed by atoms with Crippen LogP contribution in [0, 0.1) is 6.92 Å². The second kappa shape index (κ2) is 6.82. The molecule has 3 aromatic rings. The minimum absolute atomic E-state index is 0.360. The molecule has 0 aromatic carbocycles. The third-order valence-electron chi connectivity index (χ3n) is 5.04. The van der Waals surface area contributed by atoms with Crippen LogP contribution in [0.1, 0.15) is 48.2 Å². The molecule has 0 unspecified atom stereocenters. The summed E-state index contributed by atoms with van der Waals surface area (Å²) in [5.41, 5.74) is 3.86. The number of carbonyl (C=O) groups is 1. The number of pyridine rings is 1. The smallest absolute Gasteiger partial charge is 0.339 e. The summed E-state index contributed by atoms with van der Waals surface area (Å²) in [6, 6.07) is 3.98. The van der Waals surface area contributed by atoms with Crippen LogP contribution < -0.4 is 5.32 Å². The fourth-order valence-electron chi connectivity index (χ4n) is 3.62. The maximum atomic E-state index is 12.0. The van der Waals surface area contributed by atoms with Crippen molar-refractivity contribution in [2.45, 2.75) is 45.1 Å². The van der Waals surface area contributed by atoms with Crippen molar-refractivity contribution in [3.05, 3.63) is 35.9 Å². The van der Waals surface area contributed by atoms with Crippen LogP contribution >= 0.6 is 0 Å². The number of methoxy groups -OCH3 is 1. The highest BCUT2D eigenvalue weighted by molar-refractivity contribution is 5.90. The van der Waals surface area contributed by atoms with E-state index in [4.69, 9.17) is 9.72 Å². The fourth-order valence-corrected chi connectivity index (χ4v) is 3.62. The number of nitrogens with zero attached hydrogens (tertiary/aromatic N) is 3. The lowest BCUT2D eigenvalue weighted by atomic mass is 9.95. The Balaban J connectivity index is 1.84. The molecule has 1 aliphatic rings. The van der Waals surface area contributed by atoms with Crippen LogP contribution in [-0.4, -0.2) is 38.5 Å². The van der Waals surface area contributed by atoms with Crippen LogP contribution in [0.15, 0.2) is 24.7 Å². The van der Waals surface area contributed by atoms with Gasteiger partial charge in [-0.1, -0.05) is 19.3 Å². The summed E-state index contributed by atoms with van der Waals surface area (Å²) >= 11 is 0. The van der Waals surface area contributed by atoms with E-state index in [0.29, 0.717) is 11.6 Å².